The van der Waals surface area contributed by atoms with E-state index in [0.29, 0.717) is 23.1 Å². The van der Waals surface area contributed by atoms with Crippen LogP contribution >= 0.6 is 0 Å². The van der Waals surface area contributed by atoms with Gasteiger partial charge in [-0.3, -0.25) is 4.79 Å². The zero-order chi connectivity index (χ0) is 16.2. The number of carbonyl (C=O) groups excluding carboxylic acids is 1. The lowest BCUT2D eigenvalue weighted by molar-refractivity contribution is -0.115. The second-order valence-electron chi connectivity index (χ2n) is 4.87. The topological polar surface area (TPSA) is 63.2 Å². The quantitative estimate of drug-likeness (QED) is 0.942. The minimum absolute atomic E-state index is 0.0928. The fourth-order valence-corrected chi connectivity index (χ4v) is 2.43. The Labute approximate surface area is 134 Å². The number of nitrogens with zero attached hydrogens (tertiary/aromatic N) is 2. The Balaban J connectivity index is 1.94. The highest BCUT2D eigenvalue weighted by Gasteiger charge is 2.29. The molecule has 2 aromatic rings. The van der Waals surface area contributed by atoms with Gasteiger partial charge in [-0.2, -0.15) is 0 Å². The fraction of sp³-hybridized carbons (Fsp3) is 0.176. The molecule has 0 spiro atoms. The van der Waals surface area contributed by atoms with Crippen molar-refractivity contribution in [3.05, 3.63) is 48.5 Å². The fourth-order valence-electron chi connectivity index (χ4n) is 2.43. The smallest absolute Gasteiger partial charge is 0.255 e. The summed E-state index contributed by atoms with van der Waals surface area (Å²) < 4.78 is 10.7. The molecular weight excluding hydrogens is 294 g/mol. The van der Waals surface area contributed by atoms with Gasteiger partial charge < -0.3 is 14.8 Å². The number of methoxy groups -OCH3 is 2. The molecule has 0 atom stereocenters. The van der Waals surface area contributed by atoms with Crippen LogP contribution in [0.1, 0.15) is 0 Å². The molecule has 118 valence electrons. The number of anilines is 2. The Bertz CT molecular complexity index is 758. The van der Waals surface area contributed by atoms with Crippen molar-refractivity contribution in [2.45, 2.75) is 0 Å². The Hall–Kier alpha value is -3.02. The zero-order valence-corrected chi connectivity index (χ0v) is 12.9. The van der Waals surface area contributed by atoms with Gasteiger partial charge in [-0.1, -0.05) is 24.3 Å². The van der Waals surface area contributed by atoms with Crippen molar-refractivity contribution in [1.82, 2.24) is 0 Å². The molecule has 0 radical (unpaired) electrons. The first kappa shape index (κ1) is 14.9. The van der Waals surface area contributed by atoms with Crippen LogP contribution in [0.25, 0.3) is 0 Å². The minimum atomic E-state index is -0.119. The number of nitrogens with one attached hydrogen (secondary N) is 1. The van der Waals surface area contributed by atoms with Crippen molar-refractivity contribution in [2.24, 2.45) is 4.99 Å². The van der Waals surface area contributed by atoms with Crippen LogP contribution in [0.3, 0.4) is 0 Å². The van der Waals surface area contributed by atoms with Crippen LogP contribution in [0.2, 0.25) is 0 Å². The average molecular weight is 311 g/mol. The largest absolute Gasteiger partial charge is 0.495 e. The molecule has 1 amide bonds. The maximum Gasteiger partial charge on any atom is 0.255 e. The van der Waals surface area contributed by atoms with Crippen LogP contribution in [-0.2, 0) is 4.79 Å². The van der Waals surface area contributed by atoms with E-state index in [9.17, 15) is 4.79 Å². The number of hydrogen-bond acceptors (Lipinski definition) is 5. The van der Waals surface area contributed by atoms with Gasteiger partial charge in [-0.25, -0.2) is 9.89 Å². The highest BCUT2D eigenvalue weighted by molar-refractivity contribution is 6.25. The molecule has 1 N–H and O–H groups in total. The van der Waals surface area contributed by atoms with Gasteiger partial charge in [-0.15, -0.1) is 0 Å². The third-order valence-electron chi connectivity index (χ3n) is 3.50. The van der Waals surface area contributed by atoms with E-state index in [4.69, 9.17) is 9.47 Å². The lowest BCUT2D eigenvalue weighted by Gasteiger charge is -2.22. The van der Waals surface area contributed by atoms with Gasteiger partial charge in [0.2, 0.25) is 5.96 Å². The van der Waals surface area contributed by atoms with Crippen LogP contribution in [-0.4, -0.2) is 32.6 Å². The van der Waals surface area contributed by atoms with Gasteiger partial charge in [0.15, 0.2) is 0 Å². The molecule has 6 nitrogen and oxygen atoms in total. The number of ether oxygens (including phenoxy) is 2. The summed E-state index contributed by atoms with van der Waals surface area (Å²) in [6.45, 7) is 0.0928. The molecule has 1 aliphatic rings. The minimum Gasteiger partial charge on any atom is -0.495 e. The van der Waals surface area contributed by atoms with E-state index in [0.717, 1.165) is 5.69 Å². The molecule has 0 saturated carbocycles. The molecule has 2 aromatic carbocycles. The van der Waals surface area contributed by atoms with Crippen LogP contribution in [0, 0.1) is 0 Å². The maximum atomic E-state index is 12.3. The number of rotatable bonds is 4. The standard InChI is InChI=1S/C17H17N3O3/c1-22-14-9-5-3-7-12(14)19-17-18-11-16(21)20(17)13-8-4-6-10-15(13)23-2/h3-10H,11H2,1-2H3,(H,18,19). The summed E-state index contributed by atoms with van der Waals surface area (Å²) in [7, 11) is 3.17. The Morgan fingerprint density at radius 3 is 2.39 bits per heavy atom. The first-order chi connectivity index (χ1) is 11.2. The predicted molar refractivity (Wildman–Crippen MR) is 89.4 cm³/mol. The zero-order valence-electron chi connectivity index (χ0n) is 12.9. The van der Waals surface area contributed by atoms with Gasteiger partial charge >= 0.3 is 0 Å². The number of para-hydroxylation sites is 4. The molecule has 0 bridgehead atoms. The van der Waals surface area contributed by atoms with Gasteiger partial charge in [0.05, 0.1) is 25.6 Å². The van der Waals surface area contributed by atoms with E-state index < -0.39 is 0 Å². The number of benzene rings is 2. The predicted octanol–water partition coefficient (Wildman–Crippen LogP) is 2.52. The van der Waals surface area contributed by atoms with Crippen molar-refractivity contribution in [3.8, 4) is 11.5 Å². The second-order valence-corrected chi connectivity index (χ2v) is 4.87. The van der Waals surface area contributed by atoms with Gasteiger partial charge in [0.25, 0.3) is 5.91 Å². The monoisotopic (exact) mass is 311 g/mol. The molecule has 0 unspecified atom stereocenters. The highest BCUT2D eigenvalue weighted by atomic mass is 16.5. The molecule has 1 heterocycles. The highest BCUT2D eigenvalue weighted by Crippen LogP contribution is 2.31. The van der Waals surface area contributed by atoms with E-state index in [-0.39, 0.29) is 12.5 Å². The third kappa shape index (κ3) is 2.83. The first-order valence-electron chi connectivity index (χ1n) is 7.15. The first-order valence-corrected chi connectivity index (χ1v) is 7.15. The summed E-state index contributed by atoms with van der Waals surface area (Å²) >= 11 is 0. The summed E-state index contributed by atoms with van der Waals surface area (Å²) in [6, 6.07) is 14.8. The summed E-state index contributed by atoms with van der Waals surface area (Å²) in [5.41, 5.74) is 1.39. The molecular formula is C17H17N3O3. The number of guanidine groups is 1. The maximum absolute atomic E-state index is 12.3. The van der Waals surface area contributed by atoms with Crippen molar-refractivity contribution in [3.63, 3.8) is 0 Å². The van der Waals surface area contributed by atoms with Crippen molar-refractivity contribution in [1.29, 1.82) is 0 Å². The third-order valence-corrected chi connectivity index (χ3v) is 3.50. The second kappa shape index (κ2) is 6.39. The van der Waals surface area contributed by atoms with E-state index in [1.165, 1.54) is 4.90 Å². The Kier molecular flexibility index (Phi) is 4.14. The number of aliphatic imine (C=N–C) groups is 1. The van der Waals surface area contributed by atoms with Gasteiger partial charge in [0, 0.05) is 0 Å². The van der Waals surface area contributed by atoms with Crippen LogP contribution in [0.15, 0.2) is 53.5 Å². The molecule has 1 aliphatic heterocycles. The van der Waals surface area contributed by atoms with E-state index in [1.54, 1.807) is 14.2 Å². The van der Waals surface area contributed by atoms with E-state index in [2.05, 4.69) is 10.3 Å². The Morgan fingerprint density at radius 2 is 1.65 bits per heavy atom. The summed E-state index contributed by atoms with van der Waals surface area (Å²) in [4.78, 5) is 18.1. The van der Waals surface area contributed by atoms with Gasteiger partial charge in [0.1, 0.15) is 18.0 Å². The van der Waals surface area contributed by atoms with E-state index in [1.807, 2.05) is 48.5 Å². The van der Waals surface area contributed by atoms with Gasteiger partial charge in [-0.05, 0) is 24.3 Å². The lowest BCUT2D eigenvalue weighted by Crippen LogP contribution is -2.37. The Morgan fingerprint density at radius 1 is 1.00 bits per heavy atom. The van der Waals surface area contributed by atoms with Crippen LogP contribution in [0.4, 0.5) is 11.4 Å². The van der Waals surface area contributed by atoms with E-state index >= 15 is 0 Å². The number of hydrogen-bond donors (Lipinski definition) is 1. The average Bonchev–Trinajstić information content (AvgIpc) is 2.95. The molecule has 0 aliphatic carbocycles. The van der Waals surface area contributed by atoms with Crippen molar-refractivity contribution < 1.29 is 14.3 Å². The molecule has 0 saturated heterocycles. The molecule has 23 heavy (non-hydrogen) atoms. The van der Waals surface area contributed by atoms with Crippen molar-refractivity contribution >= 4 is 23.2 Å². The SMILES string of the molecule is COc1ccccc1NC1=NCC(=O)N1c1ccccc1OC. The summed E-state index contributed by atoms with van der Waals surface area (Å²) in [5.74, 6) is 1.61. The normalized spacial score (nSPS) is 13.7. The molecule has 0 fully saturated rings. The lowest BCUT2D eigenvalue weighted by atomic mass is 10.2. The van der Waals surface area contributed by atoms with Crippen LogP contribution < -0.4 is 19.7 Å². The molecule has 6 heteroatoms. The molecule has 3 rings (SSSR count). The summed E-state index contributed by atoms with van der Waals surface area (Å²) in [6.07, 6.45) is 0. The van der Waals surface area contributed by atoms with Crippen LogP contribution in [0.5, 0.6) is 11.5 Å². The molecule has 0 aromatic heterocycles. The number of amides is 1. The van der Waals surface area contributed by atoms with Crippen molar-refractivity contribution in [2.75, 3.05) is 31.0 Å². The number of carbonyl (C=O) groups is 1. The summed E-state index contributed by atoms with van der Waals surface area (Å²) in [5, 5.41) is 3.17.